The molecule has 1 aliphatic heterocycles. The van der Waals surface area contributed by atoms with E-state index in [1.807, 2.05) is 31.2 Å². The first-order chi connectivity index (χ1) is 12.6. The van der Waals surface area contributed by atoms with E-state index in [2.05, 4.69) is 66.7 Å². The molecule has 0 unspecified atom stereocenters. The molecule has 4 rings (SSSR count). The number of rotatable bonds is 3. The summed E-state index contributed by atoms with van der Waals surface area (Å²) in [6, 6.07) is 12.5. The summed E-state index contributed by atoms with van der Waals surface area (Å²) >= 11 is 0. The van der Waals surface area contributed by atoms with Crippen LogP contribution in [0.3, 0.4) is 0 Å². The van der Waals surface area contributed by atoms with Gasteiger partial charge in [0.1, 0.15) is 11.7 Å². The number of allylic oxidation sites excluding steroid dienone is 2. The van der Waals surface area contributed by atoms with Gasteiger partial charge in [0.15, 0.2) is 11.4 Å². The lowest BCUT2D eigenvalue weighted by molar-refractivity contribution is 0.365. The van der Waals surface area contributed by atoms with Crippen LogP contribution in [0.1, 0.15) is 19.4 Å². The van der Waals surface area contributed by atoms with Gasteiger partial charge in [0.2, 0.25) is 0 Å². The minimum Gasteiger partial charge on any atom is -0.454 e. The van der Waals surface area contributed by atoms with Crippen molar-refractivity contribution in [2.75, 3.05) is 11.9 Å². The molecule has 132 valence electrons. The molecule has 0 aliphatic carbocycles. The average molecular weight is 345 g/mol. The number of para-hydroxylation sites is 1. The van der Waals surface area contributed by atoms with Gasteiger partial charge in [0.05, 0.1) is 11.4 Å². The first-order valence-electron chi connectivity index (χ1n) is 8.85. The van der Waals surface area contributed by atoms with Crippen molar-refractivity contribution < 1.29 is 4.42 Å². The van der Waals surface area contributed by atoms with E-state index in [0.717, 1.165) is 44.7 Å². The van der Waals surface area contributed by atoms with Crippen molar-refractivity contribution >= 4 is 34.3 Å². The van der Waals surface area contributed by atoms with Crippen LogP contribution in [0.4, 0.5) is 5.69 Å². The van der Waals surface area contributed by atoms with Crippen molar-refractivity contribution in [3.8, 4) is 0 Å². The predicted molar refractivity (Wildman–Crippen MR) is 110 cm³/mol. The van der Waals surface area contributed by atoms with Crippen LogP contribution in [0.25, 0.3) is 21.9 Å². The van der Waals surface area contributed by atoms with Gasteiger partial charge in [0, 0.05) is 17.8 Å². The van der Waals surface area contributed by atoms with E-state index in [-0.39, 0.29) is 6.17 Å². The van der Waals surface area contributed by atoms with Gasteiger partial charge in [-0.2, -0.15) is 0 Å². The zero-order valence-corrected chi connectivity index (χ0v) is 15.7. The van der Waals surface area contributed by atoms with E-state index < -0.39 is 0 Å². The Kier molecular flexibility index (Phi) is 3.83. The zero-order chi connectivity index (χ0) is 18.4. The van der Waals surface area contributed by atoms with Crippen LogP contribution in [0.5, 0.6) is 0 Å². The van der Waals surface area contributed by atoms with Gasteiger partial charge < -0.3 is 14.2 Å². The van der Waals surface area contributed by atoms with Crippen LogP contribution in [0.15, 0.2) is 69.5 Å². The molecular formula is C22H23N3O. The van der Waals surface area contributed by atoms with E-state index in [4.69, 9.17) is 4.42 Å². The second-order valence-electron chi connectivity index (χ2n) is 6.69. The molecule has 4 heteroatoms. The molecule has 2 aromatic carbocycles. The third-order valence-electron chi connectivity index (χ3n) is 5.21. The number of benzene rings is 2. The summed E-state index contributed by atoms with van der Waals surface area (Å²) in [6.07, 6.45) is 4.22. The van der Waals surface area contributed by atoms with Crippen molar-refractivity contribution in [1.29, 1.82) is 0 Å². The number of hydrogen-bond donors (Lipinski definition) is 0. The lowest BCUT2D eigenvalue weighted by Crippen LogP contribution is -2.36. The van der Waals surface area contributed by atoms with Crippen LogP contribution >= 0.6 is 0 Å². The Hall–Kier alpha value is -3.01. The number of nitrogens with zero attached hydrogens (tertiary/aromatic N) is 3. The molecule has 0 fully saturated rings. The number of aryl methyl sites for hydroxylation is 1. The second-order valence-corrected chi connectivity index (χ2v) is 6.69. The van der Waals surface area contributed by atoms with Crippen LogP contribution < -0.4 is 4.90 Å². The van der Waals surface area contributed by atoms with E-state index in [9.17, 15) is 0 Å². The summed E-state index contributed by atoms with van der Waals surface area (Å²) in [4.78, 5) is 8.81. The second kappa shape index (κ2) is 6.06. The number of anilines is 1. The van der Waals surface area contributed by atoms with E-state index in [1.54, 1.807) is 0 Å². The molecular weight excluding hydrogens is 322 g/mol. The fourth-order valence-electron chi connectivity index (χ4n) is 3.81. The molecule has 1 atom stereocenters. The van der Waals surface area contributed by atoms with E-state index in [1.165, 1.54) is 0 Å². The Balaban J connectivity index is 2.04. The highest BCUT2D eigenvalue weighted by molar-refractivity contribution is 6.09. The molecule has 0 saturated heterocycles. The molecule has 0 amide bonds. The van der Waals surface area contributed by atoms with Gasteiger partial charge in [-0.25, -0.2) is 4.99 Å². The van der Waals surface area contributed by atoms with Crippen molar-refractivity contribution in [2.45, 2.75) is 26.9 Å². The fraction of sp³-hybridized carbons (Fsp3) is 0.227. The minimum atomic E-state index is 0.110. The van der Waals surface area contributed by atoms with Gasteiger partial charge in [-0.1, -0.05) is 36.4 Å². The molecule has 0 N–H and O–H groups in total. The van der Waals surface area contributed by atoms with Crippen molar-refractivity contribution in [3.63, 3.8) is 0 Å². The quantitative estimate of drug-likeness (QED) is 0.593. The summed E-state index contributed by atoms with van der Waals surface area (Å²) in [5.41, 5.74) is 5.07. The van der Waals surface area contributed by atoms with E-state index in [0.29, 0.717) is 0 Å². The molecule has 1 aliphatic rings. The average Bonchev–Trinajstić information content (AvgIpc) is 3.12. The SMILES string of the molecule is C=NC1=C(/C=C\C)N(C)[C@H](C)N1c1c(C)ccc2c1oc1ccccc12. The molecule has 0 bridgehead atoms. The highest BCUT2D eigenvalue weighted by Gasteiger charge is 2.35. The third-order valence-corrected chi connectivity index (χ3v) is 5.21. The monoisotopic (exact) mass is 345 g/mol. The Bertz CT molecular complexity index is 1070. The zero-order valence-electron chi connectivity index (χ0n) is 15.7. The molecule has 4 nitrogen and oxygen atoms in total. The summed E-state index contributed by atoms with van der Waals surface area (Å²) in [5, 5.41) is 2.26. The highest BCUT2D eigenvalue weighted by Crippen LogP contribution is 2.43. The maximum atomic E-state index is 6.29. The molecule has 2 heterocycles. The maximum absolute atomic E-state index is 6.29. The Morgan fingerprint density at radius 2 is 1.92 bits per heavy atom. The highest BCUT2D eigenvalue weighted by atomic mass is 16.3. The van der Waals surface area contributed by atoms with Crippen molar-refractivity contribution in [2.24, 2.45) is 4.99 Å². The van der Waals surface area contributed by atoms with Gasteiger partial charge in [-0.15, -0.1) is 0 Å². The normalized spacial score (nSPS) is 18.1. The summed E-state index contributed by atoms with van der Waals surface area (Å²) < 4.78 is 6.29. The van der Waals surface area contributed by atoms with Gasteiger partial charge >= 0.3 is 0 Å². The molecule has 1 aromatic heterocycles. The standard InChI is InChI=1S/C22H23N3O/c1-6-9-18-22(23-4)25(15(3)24(18)5)20-14(2)12-13-17-16-10-7-8-11-19(16)26-21(17)20/h6-13,15H,4H2,1-3,5H3/b9-6-/t15-/m0/s1. The number of aliphatic imine (C=N–C) groups is 1. The lowest BCUT2D eigenvalue weighted by Gasteiger charge is -2.29. The lowest BCUT2D eigenvalue weighted by atomic mass is 10.1. The smallest absolute Gasteiger partial charge is 0.159 e. The van der Waals surface area contributed by atoms with Crippen LogP contribution in [-0.2, 0) is 0 Å². The fourth-order valence-corrected chi connectivity index (χ4v) is 3.81. The Labute approximate surface area is 153 Å². The Morgan fingerprint density at radius 3 is 2.65 bits per heavy atom. The summed E-state index contributed by atoms with van der Waals surface area (Å²) in [6.45, 7) is 10.1. The van der Waals surface area contributed by atoms with Crippen molar-refractivity contribution in [1.82, 2.24) is 4.90 Å². The summed E-state index contributed by atoms with van der Waals surface area (Å²) in [7, 11) is 2.08. The number of furan rings is 1. The predicted octanol–water partition coefficient (Wildman–Crippen LogP) is 5.44. The molecule has 0 radical (unpaired) electrons. The molecule has 0 spiro atoms. The first kappa shape index (κ1) is 16.5. The number of fused-ring (bicyclic) bond motifs is 3. The van der Waals surface area contributed by atoms with Gasteiger partial charge in [-0.05, 0) is 45.2 Å². The minimum absolute atomic E-state index is 0.110. The van der Waals surface area contributed by atoms with Crippen LogP contribution in [0.2, 0.25) is 0 Å². The molecule has 0 saturated carbocycles. The topological polar surface area (TPSA) is 32.0 Å². The number of hydrogen-bond acceptors (Lipinski definition) is 4. The van der Waals surface area contributed by atoms with Crippen LogP contribution in [-0.4, -0.2) is 24.8 Å². The number of likely N-dealkylation sites (N-methyl/N-ethyl adjacent to an activating group) is 1. The van der Waals surface area contributed by atoms with E-state index >= 15 is 0 Å². The third kappa shape index (κ3) is 2.18. The van der Waals surface area contributed by atoms with Gasteiger partial charge in [0.25, 0.3) is 0 Å². The van der Waals surface area contributed by atoms with Crippen LogP contribution in [0, 0.1) is 6.92 Å². The van der Waals surface area contributed by atoms with Gasteiger partial charge in [-0.3, -0.25) is 0 Å². The molecule has 3 aromatic rings. The maximum Gasteiger partial charge on any atom is 0.159 e. The molecule has 26 heavy (non-hydrogen) atoms. The summed E-state index contributed by atoms with van der Waals surface area (Å²) in [5.74, 6) is 0.856. The van der Waals surface area contributed by atoms with Crippen molar-refractivity contribution in [3.05, 3.63) is 65.6 Å². The Morgan fingerprint density at radius 1 is 1.15 bits per heavy atom. The largest absolute Gasteiger partial charge is 0.454 e. The first-order valence-corrected chi connectivity index (χ1v) is 8.85.